The molecule has 1 saturated heterocycles. The predicted octanol–water partition coefficient (Wildman–Crippen LogP) is 0.849. The fourth-order valence-electron chi connectivity index (χ4n) is 1.51. The third-order valence-corrected chi connectivity index (χ3v) is 2.53. The van der Waals surface area contributed by atoms with Crippen molar-refractivity contribution in [3.8, 4) is 0 Å². The van der Waals surface area contributed by atoms with Crippen molar-refractivity contribution in [1.82, 2.24) is 4.90 Å². The van der Waals surface area contributed by atoms with Gasteiger partial charge in [-0.15, -0.1) is 0 Å². The summed E-state index contributed by atoms with van der Waals surface area (Å²) in [5.41, 5.74) is -0.521. The monoisotopic (exact) mass is 264 g/mol. The molecule has 1 amide bonds. The first-order valence-electron chi connectivity index (χ1n) is 5.43. The molecule has 1 heterocycles. The van der Waals surface area contributed by atoms with Gasteiger partial charge in [-0.3, -0.25) is 4.21 Å². The topological polar surface area (TPSA) is 78.9 Å². The maximum atomic E-state index is 11.7. The first kappa shape index (κ1) is 14.4. The molecule has 6 nitrogen and oxygen atoms in total. The van der Waals surface area contributed by atoms with Crippen LogP contribution >= 0.6 is 0 Å². The second-order valence-corrected chi connectivity index (χ2v) is 5.77. The molecule has 1 rings (SSSR count). The fourth-order valence-corrected chi connectivity index (χ4v) is 1.81. The zero-order valence-electron chi connectivity index (χ0n) is 10.3. The lowest BCUT2D eigenvalue weighted by Gasteiger charge is -2.24. The molecule has 1 unspecified atom stereocenters. The van der Waals surface area contributed by atoms with Crippen molar-refractivity contribution in [2.45, 2.75) is 38.9 Å². The van der Waals surface area contributed by atoms with Gasteiger partial charge in [-0.25, -0.2) is 4.79 Å². The Morgan fingerprint density at radius 3 is 2.71 bits per heavy atom. The van der Waals surface area contributed by atoms with E-state index in [1.165, 1.54) is 4.90 Å². The molecule has 100 valence electrons. The quantitative estimate of drug-likeness (QED) is 0.706. The molecule has 0 radical (unpaired) electrons. The number of hydrogen-bond donors (Lipinski definition) is 0. The number of ether oxygens (including phenoxy) is 2. The van der Waals surface area contributed by atoms with E-state index in [0.29, 0.717) is 19.5 Å². The average Bonchev–Trinajstić information content (AvgIpc) is 2.60. The van der Waals surface area contributed by atoms with Crippen molar-refractivity contribution in [1.29, 1.82) is 0 Å². The Morgan fingerprint density at radius 2 is 2.18 bits per heavy atom. The maximum Gasteiger partial charge on any atom is 0.410 e. The molecular weight excluding hydrogens is 246 g/mol. The molecule has 0 aromatic heterocycles. The van der Waals surface area contributed by atoms with Crippen LogP contribution in [0.15, 0.2) is 0 Å². The lowest BCUT2D eigenvalue weighted by Crippen LogP contribution is -2.36. The van der Waals surface area contributed by atoms with Crippen LogP contribution in [0.2, 0.25) is 0 Å². The highest BCUT2D eigenvalue weighted by atomic mass is 32.2. The van der Waals surface area contributed by atoms with Crippen LogP contribution in [0.1, 0.15) is 27.2 Å². The van der Waals surface area contributed by atoms with Crippen LogP contribution in [0, 0.1) is 0 Å². The minimum absolute atomic E-state index is 0.222. The molecule has 0 saturated carbocycles. The van der Waals surface area contributed by atoms with Gasteiger partial charge in [0.2, 0.25) is 0 Å². The molecule has 1 aliphatic heterocycles. The van der Waals surface area contributed by atoms with E-state index in [1.807, 2.05) is 0 Å². The number of amides is 1. The summed E-state index contributed by atoms with van der Waals surface area (Å²) < 4.78 is 31.0. The van der Waals surface area contributed by atoms with Crippen LogP contribution in [0.5, 0.6) is 0 Å². The zero-order valence-corrected chi connectivity index (χ0v) is 11.1. The molecule has 0 aromatic carbocycles. The van der Waals surface area contributed by atoms with Gasteiger partial charge in [0.1, 0.15) is 11.5 Å². The van der Waals surface area contributed by atoms with E-state index in [9.17, 15) is 13.6 Å². The van der Waals surface area contributed by atoms with Crippen LogP contribution in [-0.4, -0.2) is 50.5 Å². The number of carbonyl (C=O) groups excluding carboxylic acids is 1. The number of carbonyl (C=O) groups is 1. The smallest absolute Gasteiger partial charge is 0.410 e. The predicted molar refractivity (Wildman–Crippen MR) is 61.1 cm³/mol. The van der Waals surface area contributed by atoms with Crippen molar-refractivity contribution in [3.05, 3.63) is 0 Å². The summed E-state index contributed by atoms with van der Waals surface area (Å²) in [6.07, 6.45) is 0.0310. The van der Waals surface area contributed by atoms with Crippen molar-refractivity contribution in [2.24, 2.45) is 0 Å². The number of hydrogen-bond acceptors (Lipinski definition) is 5. The summed E-state index contributed by atoms with van der Waals surface area (Å²) in [6.45, 7) is 6.32. The summed E-state index contributed by atoms with van der Waals surface area (Å²) in [7, 11) is 0. The summed E-state index contributed by atoms with van der Waals surface area (Å²) >= 11 is -2.21. The fraction of sp³-hybridized carbons (Fsp3) is 0.900. The first-order valence-corrected chi connectivity index (χ1v) is 6.68. The van der Waals surface area contributed by atoms with E-state index in [1.54, 1.807) is 20.8 Å². The summed E-state index contributed by atoms with van der Waals surface area (Å²) in [5, 5.41) is 0. The Balaban J connectivity index is 2.34. The van der Waals surface area contributed by atoms with Gasteiger partial charge in [-0.1, -0.05) is 0 Å². The van der Waals surface area contributed by atoms with Gasteiger partial charge in [-0.2, -0.15) is 0 Å². The average molecular weight is 264 g/mol. The van der Waals surface area contributed by atoms with Crippen LogP contribution in [0.3, 0.4) is 0 Å². The molecule has 17 heavy (non-hydrogen) atoms. The molecule has 7 heteroatoms. The van der Waals surface area contributed by atoms with Crippen LogP contribution in [0.25, 0.3) is 0 Å². The van der Waals surface area contributed by atoms with Crippen molar-refractivity contribution >= 4 is 17.2 Å². The van der Waals surface area contributed by atoms with Crippen molar-refractivity contribution < 1.29 is 23.0 Å². The van der Waals surface area contributed by atoms with Crippen molar-refractivity contribution in [3.63, 3.8) is 0 Å². The highest BCUT2D eigenvalue weighted by molar-refractivity contribution is 7.78. The van der Waals surface area contributed by atoms with Gasteiger partial charge in [-0.05, 0) is 38.3 Å². The van der Waals surface area contributed by atoms with E-state index in [4.69, 9.17) is 9.47 Å². The van der Waals surface area contributed by atoms with Gasteiger partial charge < -0.3 is 18.9 Å². The first-order chi connectivity index (χ1) is 7.78. The van der Waals surface area contributed by atoms with Gasteiger partial charge in [0.05, 0.1) is 12.6 Å². The second-order valence-electron chi connectivity index (χ2n) is 4.93. The largest absolute Gasteiger partial charge is 0.771 e. The molecule has 1 aliphatic rings. The molecule has 0 spiro atoms. The normalized spacial score (nSPS) is 22.6. The summed E-state index contributed by atoms with van der Waals surface area (Å²) in [5.74, 6) is -0.327. The lowest BCUT2D eigenvalue weighted by atomic mass is 10.2. The SMILES string of the molecule is CC(C)(C)OC(=O)N1CC[C@H](OCS(=O)[O-])C1. The Morgan fingerprint density at radius 1 is 1.53 bits per heavy atom. The number of nitrogens with zero attached hydrogens (tertiary/aromatic N) is 1. The number of likely N-dealkylation sites (tertiary alicyclic amines) is 1. The van der Waals surface area contributed by atoms with Crippen LogP contribution in [-0.2, 0) is 20.6 Å². The minimum Gasteiger partial charge on any atom is -0.771 e. The van der Waals surface area contributed by atoms with Crippen LogP contribution < -0.4 is 0 Å². The van der Waals surface area contributed by atoms with Gasteiger partial charge in [0, 0.05) is 6.54 Å². The van der Waals surface area contributed by atoms with E-state index >= 15 is 0 Å². The third-order valence-electron chi connectivity index (χ3n) is 2.20. The van der Waals surface area contributed by atoms with Gasteiger partial charge in [0.25, 0.3) is 0 Å². The highest BCUT2D eigenvalue weighted by Gasteiger charge is 2.30. The second kappa shape index (κ2) is 5.79. The third kappa shape index (κ3) is 5.47. The zero-order chi connectivity index (χ0) is 13.1. The number of rotatable bonds is 3. The molecule has 0 aliphatic carbocycles. The molecule has 0 N–H and O–H groups in total. The van der Waals surface area contributed by atoms with Crippen LogP contribution in [0.4, 0.5) is 4.79 Å². The summed E-state index contributed by atoms with van der Waals surface area (Å²) in [4.78, 5) is 13.2. The summed E-state index contributed by atoms with van der Waals surface area (Å²) in [6, 6.07) is 0. The van der Waals surface area contributed by atoms with E-state index in [-0.39, 0.29) is 18.1 Å². The maximum absolute atomic E-state index is 11.7. The Bertz CT molecular complexity index is 302. The van der Waals surface area contributed by atoms with Gasteiger partial charge >= 0.3 is 6.09 Å². The molecule has 2 atom stereocenters. The van der Waals surface area contributed by atoms with E-state index in [0.717, 1.165) is 0 Å². The Hall–Kier alpha value is -0.660. The Kier molecular flexibility index (Phi) is 4.91. The lowest BCUT2D eigenvalue weighted by molar-refractivity contribution is 0.0244. The van der Waals surface area contributed by atoms with E-state index in [2.05, 4.69) is 0 Å². The molecule has 0 bridgehead atoms. The minimum atomic E-state index is -2.21. The standard InChI is InChI=1S/C10H19NO5S/c1-10(2,3)16-9(12)11-5-4-8(6-11)15-7-17(13)14/h8H,4-7H2,1-3H3,(H,13,14)/p-1/t8-/m0/s1. The van der Waals surface area contributed by atoms with Crippen molar-refractivity contribution in [2.75, 3.05) is 19.0 Å². The molecular formula is C10H18NO5S-. The molecule has 1 fully saturated rings. The highest BCUT2D eigenvalue weighted by Crippen LogP contribution is 2.17. The molecule has 0 aromatic rings. The Labute approximate surface area is 104 Å². The van der Waals surface area contributed by atoms with Gasteiger partial charge in [0.15, 0.2) is 0 Å². The van der Waals surface area contributed by atoms with E-state index < -0.39 is 16.7 Å².